The molecule has 0 radical (unpaired) electrons. The predicted molar refractivity (Wildman–Crippen MR) is 93.3 cm³/mol. The van der Waals surface area contributed by atoms with Gasteiger partial charge in [0.15, 0.2) is 0 Å². The minimum atomic E-state index is -1.01. The molecule has 4 nitrogen and oxygen atoms in total. The van der Waals surface area contributed by atoms with Crippen LogP contribution in [-0.4, -0.2) is 17.0 Å². The van der Waals surface area contributed by atoms with Crippen LogP contribution in [0.2, 0.25) is 0 Å². The Morgan fingerprint density at radius 3 is 2.46 bits per heavy atom. The Morgan fingerprint density at radius 1 is 0.958 bits per heavy atom. The number of rotatable bonds is 5. The molecule has 0 spiro atoms. The first-order chi connectivity index (χ1) is 11.6. The van der Waals surface area contributed by atoms with Gasteiger partial charge in [-0.05, 0) is 34.9 Å². The number of ether oxygens (including phenoxy) is 1. The van der Waals surface area contributed by atoms with Crippen LogP contribution in [0.15, 0.2) is 48.5 Å². The van der Waals surface area contributed by atoms with E-state index in [4.69, 9.17) is 9.84 Å². The summed E-state index contributed by atoms with van der Waals surface area (Å²) in [6.45, 7) is 2.07. The number of carbonyl (C=O) groups is 2. The van der Waals surface area contributed by atoms with Gasteiger partial charge in [-0.1, -0.05) is 43.3 Å². The number of carboxylic acids is 1. The standard InChI is InChI=1S/C20H18O4/c1-2-13-7-8-15-12-14-5-3-4-6-16(14)20(17(15)11-13)24-19(23)10-9-18(21)22/h3-8,11-12H,2,9-10H2,1H3,(H,21,22). The number of hydrogen-bond acceptors (Lipinski definition) is 3. The largest absolute Gasteiger partial charge is 0.481 e. The van der Waals surface area contributed by atoms with Gasteiger partial charge < -0.3 is 9.84 Å². The lowest BCUT2D eigenvalue weighted by molar-refractivity contribution is -0.142. The van der Waals surface area contributed by atoms with Gasteiger partial charge in [0.2, 0.25) is 0 Å². The summed E-state index contributed by atoms with van der Waals surface area (Å²) in [6, 6.07) is 15.9. The highest BCUT2D eigenvalue weighted by Gasteiger charge is 2.14. The van der Waals surface area contributed by atoms with Gasteiger partial charge in [-0.2, -0.15) is 0 Å². The number of carbonyl (C=O) groups excluding carboxylic acids is 1. The Bertz CT molecular complexity index is 927. The molecule has 3 aromatic rings. The van der Waals surface area contributed by atoms with Crippen molar-refractivity contribution in [1.82, 2.24) is 0 Å². The summed E-state index contributed by atoms with van der Waals surface area (Å²) in [6.07, 6.45) is 0.504. The predicted octanol–water partition coefficient (Wildman–Crippen LogP) is 4.33. The summed E-state index contributed by atoms with van der Waals surface area (Å²) in [5.74, 6) is -1.03. The molecular formula is C20H18O4. The Kier molecular flexibility index (Phi) is 4.47. The third-order valence-corrected chi connectivity index (χ3v) is 4.05. The molecule has 0 aliphatic carbocycles. The molecule has 0 aliphatic rings. The highest BCUT2D eigenvalue weighted by Crippen LogP contribution is 2.35. The summed E-state index contributed by atoms with van der Waals surface area (Å²) in [5, 5.41) is 12.4. The fourth-order valence-electron chi connectivity index (χ4n) is 2.77. The molecule has 3 aromatic carbocycles. The van der Waals surface area contributed by atoms with Crippen molar-refractivity contribution >= 4 is 33.5 Å². The van der Waals surface area contributed by atoms with Crippen molar-refractivity contribution in [3.05, 3.63) is 54.1 Å². The zero-order valence-corrected chi connectivity index (χ0v) is 13.4. The zero-order valence-electron chi connectivity index (χ0n) is 13.4. The number of carboxylic acid groups (broad SMARTS) is 1. The lowest BCUT2D eigenvalue weighted by atomic mass is 9.99. The summed E-state index contributed by atoms with van der Waals surface area (Å²) in [7, 11) is 0. The molecule has 0 saturated carbocycles. The van der Waals surface area contributed by atoms with E-state index in [2.05, 4.69) is 19.1 Å². The molecule has 0 saturated heterocycles. The van der Waals surface area contributed by atoms with Crippen LogP contribution in [0.4, 0.5) is 0 Å². The lowest BCUT2D eigenvalue weighted by Gasteiger charge is -2.12. The van der Waals surface area contributed by atoms with Crippen LogP contribution in [0.25, 0.3) is 21.5 Å². The van der Waals surface area contributed by atoms with E-state index in [0.717, 1.165) is 33.5 Å². The van der Waals surface area contributed by atoms with Gasteiger partial charge in [-0.25, -0.2) is 0 Å². The molecule has 1 N–H and O–H groups in total. The second kappa shape index (κ2) is 6.71. The van der Waals surface area contributed by atoms with Crippen molar-refractivity contribution in [3.63, 3.8) is 0 Å². The van der Waals surface area contributed by atoms with Crippen LogP contribution in [0.5, 0.6) is 5.75 Å². The maximum absolute atomic E-state index is 12.1. The molecular weight excluding hydrogens is 304 g/mol. The zero-order chi connectivity index (χ0) is 17.1. The molecule has 4 heteroatoms. The van der Waals surface area contributed by atoms with Crippen molar-refractivity contribution in [2.45, 2.75) is 26.2 Å². The first kappa shape index (κ1) is 16.0. The van der Waals surface area contributed by atoms with Crippen molar-refractivity contribution < 1.29 is 19.4 Å². The average Bonchev–Trinajstić information content (AvgIpc) is 2.59. The maximum atomic E-state index is 12.1. The van der Waals surface area contributed by atoms with Gasteiger partial charge in [0.1, 0.15) is 5.75 Å². The van der Waals surface area contributed by atoms with Crippen LogP contribution >= 0.6 is 0 Å². The molecule has 0 heterocycles. The van der Waals surface area contributed by atoms with Gasteiger partial charge in [-0.15, -0.1) is 0 Å². The number of aliphatic carboxylic acids is 1. The third kappa shape index (κ3) is 3.23. The average molecular weight is 322 g/mol. The number of hydrogen-bond donors (Lipinski definition) is 1. The van der Waals surface area contributed by atoms with Crippen LogP contribution in [0.1, 0.15) is 25.3 Å². The quantitative estimate of drug-likeness (QED) is 0.431. The second-order valence-electron chi connectivity index (χ2n) is 5.70. The van der Waals surface area contributed by atoms with Gasteiger partial charge in [0, 0.05) is 10.8 Å². The molecule has 0 aliphatic heterocycles. The monoisotopic (exact) mass is 322 g/mol. The van der Waals surface area contributed by atoms with Crippen LogP contribution in [0, 0.1) is 0 Å². The lowest BCUT2D eigenvalue weighted by Crippen LogP contribution is -2.10. The number of esters is 1. The fourth-order valence-corrected chi connectivity index (χ4v) is 2.77. The van der Waals surface area contributed by atoms with Crippen LogP contribution in [-0.2, 0) is 16.0 Å². The van der Waals surface area contributed by atoms with E-state index in [-0.39, 0.29) is 12.8 Å². The molecule has 0 amide bonds. The smallest absolute Gasteiger partial charge is 0.311 e. The van der Waals surface area contributed by atoms with Crippen molar-refractivity contribution in [2.75, 3.05) is 0 Å². The summed E-state index contributed by atoms with van der Waals surface area (Å²) >= 11 is 0. The van der Waals surface area contributed by atoms with Gasteiger partial charge in [0.25, 0.3) is 0 Å². The Labute approximate surface area is 139 Å². The van der Waals surface area contributed by atoms with Gasteiger partial charge >= 0.3 is 11.9 Å². The Balaban J connectivity index is 2.12. The van der Waals surface area contributed by atoms with Crippen LogP contribution in [0.3, 0.4) is 0 Å². The number of aryl methyl sites for hydroxylation is 1. The van der Waals surface area contributed by atoms with Gasteiger partial charge in [0.05, 0.1) is 12.8 Å². The van der Waals surface area contributed by atoms with Crippen LogP contribution < -0.4 is 4.74 Å². The van der Waals surface area contributed by atoms with Gasteiger partial charge in [-0.3, -0.25) is 9.59 Å². The van der Waals surface area contributed by atoms with E-state index in [1.54, 1.807) is 0 Å². The normalized spacial score (nSPS) is 10.9. The fraction of sp³-hybridized carbons (Fsp3) is 0.200. The summed E-state index contributed by atoms with van der Waals surface area (Å²) in [4.78, 5) is 22.7. The minimum absolute atomic E-state index is 0.145. The molecule has 122 valence electrons. The van der Waals surface area contributed by atoms with E-state index in [9.17, 15) is 9.59 Å². The van der Waals surface area contributed by atoms with E-state index in [1.807, 2.05) is 36.4 Å². The second-order valence-corrected chi connectivity index (χ2v) is 5.70. The summed E-state index contributed by atoms with van der Waals surface area (Å²) in [5.41, 5.74) is 1.15. The van der Waals surface area contributed by atoms with Crippen molar-refractivity contribution in [2.24, 2.45) is 0 Å². The molecule has 0 bridgehead atoms. The molecule has 0 aromatic heterocycles. The SMILES string of the molecule is CCc1ccc2cc3ccccc3c(OC(=O)CCC(=O)O)c2c1. The van der Waals surface area contributed by atoms with Crippen molar-refractivity contribution in [1.29, 1.82) is 0 Å². The number of benzene rings is 3. The topological polar surface area (TPSA) is 63.6 Å². The summed E-state index contributed by atoms with van der Waals surface area (Å²) < 4.78 is 5.59. The number of fused-ring (bicyclic) bond motifs is 2. The van der Waals surface area contributed by atoms with Crippen molar-refractivity contribution in [3.8, 4) is 5.75 Å². The van der Waals surface area contributed by atoms with E-state index >= 15 is 0 Å². The first-order valence-corrected chi connectivity index (χ1v) is 7.95. The van der Waals surface area contributed by atoms with E-state index < -0.39 is 11.9 Å². The molecule has 0 atom stereocenters. The van der Waals surface area contributed by atoms with E-state index in [0.29, 0.717) is 5.75 Å². The Morgan fingerprint density at radius 2 is 1.71 bits per heavy atom. The van der Waals surface area contributed by atoms with E-state index in [1.165, 1.54) is 0 Å². The molecule has 0 fully saturated rings. The molecule has 24 heavy (non-hydrogen) atoms. The molecule has 3 rings (SSSR count). The minimum Gasteiger partial charge on any atom is -0.481 e. The first-order valence-electron chi connectivity index (χ1n) is 7.95. The highest BCUT2D eigenvalue weighted by molar-refractivity contribution is 6.06. The third-order valence-electron chi connectivity index (χ3n) is 4.05. The molecule has 0 unspecified atom stereocenters. The maximum Gasteiger partial charge on any atom is 0.311 e. The highest BCUT2D eigenvalue weighted by atomic mass is 16.5. The Hall–Kier alpha value is -2.88.